The van der Waals surface area contributed by atoms with Gasteiger partial charge in [-0.1, -0.05) is 11.6 Å². The Morgan fingerprint density at radius 2 is 1.70 bits per heavy atom. The van der Waals surface area contributed by atoms with Crippen molar-refractivity contribution in [1.82, 2.24) is 9.99 Å². The summed E-state index contributed by atoms with van der Waals surface area (Å²) in [7, 11) is 0. The van der Waals surface area contributed by atoms with E-state index in [0.717, 1.165) is 41.5 Å². The number of amides is 2. The van der Waals surface area contributed by atoms with E-state index in [0.29, 0.717) is 17.2 Å². The molecule has 0 aliphatic carbocycles. The quantitative estimate of drug-likeness (QED) is 0.0854. The van der Waals surface area contributed by atoms with Gasteiger partial charge in [0.2, 0.25) is 5.75 Å². The summed E-state index contributed by atoms with van der Waals surface area (Å²) in [6.07, 6.45) is 1.08. The van der Waals surface area contributed by atoms with Crippen molar-refractivity contribution < 1.29 is 32.8 Å². The maximum atomic E-state index is 13.1. The Kier molecular flexibility index (Phi) is 9.96. The van der Waals surface area contributed by atoms with Crippen LogP contribution in [0, 0.1) is 29.8 Å². The third kappa shape index (κ3) is 8.21. The topological polar surface area (TPSA) is 150 Å². The monoisotopic (exact) mass is 659 g/mol. The van der Waals surface area contributed by atoms with Gasteiger partial charge in [-0.3, -0.25) is 19.7 Å². The van der Waals surface area contributed by atoms with Crippen LogP contribution in [0.2, 0.25) is 5.02 Å². The number of ether oxygens (including phenoxy) is 2. The smallest absolute Gasteiger partial charge is 0.313 e. The van der Waals surface area contributed by atoms with E-state index in [1.807, 2.05) is 50.2 Å². The first kappa shape index (κ1) is 32.4. The summed E-state index contributed by atoms with van der Waals surface area (Å²) in [5.41, 5.74) is 5.31. The van der Waals surface area contributed by atoms with Crippen LogP contribution in [0.25, 0.3) is 5.69 Å². The molecule has 2 N–H and O–H groups in total. The second-order valence-electron chi connectivity index (χ2n) is 10.1. The minimum atomic E-state index is -0.736. The maximum Gasteiger partial charge on any atom is 0.313 e. The number of anilines is 1. The number of rotatable bonds is 12. The Hall–Kier alpha value is -5.95. The van der Waals surface area contributed by atoms with Gasteiger partial charge in [0, 0.05) is 39.4 Å². The predicted octanol–water partition coefficient (Wildman–Crippen LogP) is 6.75. The molecule has 0 aliphatic heterocycles. The molecule has 2 aromatic heterocycles. The van der Waals surface area contributed by atoms with Crippen LogP contribution in [0.5, 0.6) is 11.5 Å². The van der Waals surface area contributed by atoms with Crippen molar-refractivity contribution in [3.05, 3.63) is 134 Å². The number of aryl methyl sites for hydroxylation is 2. The molecule has 0 radical (unpaired) electrons. The van der Waals surface area contributed by atoms with Gasteiger partial charge < -0.3 is 23.8 Å². The lowest BCUT2D eigenvalue weighted by Gasteiger charge is -2.11. The predicted molar refractivity (Wildman–Crippen MR) is 172 cm³/mol. The molecule has 2 heterocycles. The van der Waals surface area contributed by atoms with Crippen LogP contribution >= 0.6 is 11.6 Å². The highest BCUT2D eigenvalue weighted by Crippen LogP contribution is 2.34. The van der Waals surface area contributed by atoms with Gasteiger partial charge in [0.05, 0.1) is 11.1 Å². The van der Waals surface area contributed by atoms with Gasteiger partial charge in [0.1, 0.15) is 23.9 Å². The normalized spacial score (nSPS) is 11.0. The molecule has 5 aromatic rings. The van der Waals surface area contributed by atoms with Crippen LogP contribution in [0.1, 0.15) is 33.3 Å². The average Bonchev–Trinajstić information content (AvgIpc) is 3.66. The van der Waals surface area contributed by atoms with E-state index in [2.05, 4.69) is 20.4 Å². The van der Waals surface area contributed by atoms with Crippen molar-refractivity contribution in [1.29, 1.82) is 0 Å². The van der Waals surface area contributed by atoms with Crippen LogP contribution in [0.4, 0.5) is 15.8 Å². The Balaban J connectivity index is 1.19. The molecular formula is C33H27ClFN5O7. The van der Waals surface area contributed by atoms with Crippen molar-refractivity contribution in [2.45, 2.75) is 20.5 Å². The summed E-state index contributed by atoms with van der Waals surface area (Å²) in [6, 6.07) is 22.1. The number of nitrogens with one attached hydrogen (secondary N) is 2. The van der Waals surface area contributed by atoms with Gasteiger partial charge >= 0.3 is 11.6 Å². The van der Waals surface area contributed by atoms with Crippen LogP contribution in [0.15, 0.2) is 94.4 Å². The first-order valence-corrected chi connectivity index (χ1v) is 14.4. The van der Waals surface area contributed by atoms with E-state index in [9.17, 15) is 24.1 Å². The lowest BCUT2D eigenvalue weighted by atomic mass is 10.2. The molecule has 0 aliphatic rings. The molecule has 0 saturated heterocycles. The maximum absolute atomic E-state index is 13.1. The first-order chi connectivity index (χ1) is 22.6. The van der Waals surface area contributed by atoms with E-state index < -0.39 is 34.8 Å². The number of hydrazone groups is 1. The average molecular weight is 660 g/mol. The third-order valence-electron chi connectivity index (χ3n) is 6.74. The van der Waals surface area contributed by atoms with E-state index in [1.165, 1.54) is 24.3 Å². The molecule has 240 valence electrons. The van der Waals surface area contributed by atoms with Crippen molar-refractivity contribution in [3.8, 4) is 17.2 Å². The molecule has 12 nitrogen and oxygen atoms in total. The number of halogens is 2. The van der Waals surface area contributed by atoms with Gasteiger partial charge in [-0.25, -0.2) is 9.82 Å². The van der Waals surface area contributed by atoms with Gasteiger partial charge in [0.15, 0.2) is 12.4 Å². The van der Waals surface area contributed by atoms with Crippen molar-refractivity contribution in [2.75, 3.05) is 11.9 Å². The molecule has 0 fully saturated rings. The molecule has 47 heavy (non-hydrogen) atoms. The van der Waals surface area contributed by atoms with E-state index in [-0.39, 0.29) is 28.7 Å². The lowest BCUT2D eigenvalue weighted by molar-refractivity contribution is -0.385. The van der Waals surface area contributed by atoms with Crippen LogP contribution in [-0.2, 0) is 11.4 Å². The Labute approximate surface area is 272 Å². The highest BCUT2D eigenvalue weighted by molar-refractivity contribution is 6.31. The molecule has 14 heteroatoms. The number of carbonyl (C=O) groups excluding carboxylic acids is 2. The molecule has 0 spiro atoms. The number of aromatic nitrogens is 1. The van der Waals surface area contributed by atoms with Gasteiger partial charge in [-0.05, 0) is 92.7 Å². The van der Waals surface area contributed by atoms with E-state index >= 15 is 0 Å². The fraction of sp³-hybridized carbons (Fsp3) is 0.121. The van der Waals surface area contributed by atoms with Crippen molar-refractivity contribution in [2.24, 2.45) is 5.10 Å². The summed E-state index contributed by atoms with van der Waals surface area (Å²) in [5.74, 6) is -1.20. The first-order valence-electron chi connectivity index (χ1n) is 14.0. The summed E-state index contributed by atoms with van der Waals surface area (Å²) in [6.45, 7) is 3.51. The van der Waals surface area contributed by atoms with Gasteiger partial charge in [-0.2, -0.15) is 5.10 Å². The summed E-state index contributed by atoms with van der Waals surface area (Å²) < 4.78 is 32.1. The summed E-state index contributed by atoms with van der Waals surface area (Å²) in [4.78, 5) is 36.0. The number of nitrogens with zero attached hydrogens (tertiary/aromatic N) is 3. The zero-order valence-corrected chi connectivity index (χ0v) is 25.8. The van der Waals surface area contributed by atoms with Crippen LogP contribution in [-0.4, -0.2) is 34.1 Å². The fourth-order valence-corrected chi connectivity index (χ4v) is 4.79. The molecule has 0 saturated carbocycles. The van der Waals surface area contributed by atoms with Crippen LogP contribution in [0.3, 0.4) is 0 Å². The minimum Gasteiger partial charge on any atom is -0.486 e. The number of nitro groups is 1. The molecule has 0 unspecified atom stereocenters. The zero-order chi connectivity index (χ0) is 33.5. The Bertz CT molecular complexity index is 1930. The number of benzene rings is 3. The fourth-order valence-electron chi connectivity index (χ4n) is 4.57. The summed E-state index contributed by atoms with van der Waals surface area (Å²) in [5, 5.41) is 18.0. The summed E-state index contributed by atoms with van der Waals surface area (Å²) >= 11 is 6.06. The number of hydrogen-bond donors (Lipinski definition) is 2. The minimum absolute atomic E-state index is 0.00662. The van der Waals surface area contributed by atoms with Crippen molar-refractivity contribution in [3.63, 3.8) is 0 Å². The van der Waals surface area contributed by atoms with Gasteiger partial charge in [-0.15, -0.1) is 0 Å². The Morgan fingerprint density at radius 1 is 1.00 bits per heavy atom. The zero-order valence-electron chi connectivity index (χ0n) is 25.0. The highest BCUT2D eigenvalue weighted by atomic mass is 35.5. The molecule has 3 aromatic carbocycles. The second-order valence-corrected chi connectivity index (χ2v) is 10.6. The second kappa shape index (κ2) is 14.4. The molecular weight excluding hydrogens is 633 g/mol. The highest BCUT2D eigenvalue weighted by Gasteiger charge is 2.22. The SMILES string of the molecule is Cc1ccc(C)n1-c1ccc(OCc2ccc(C(=O)N/N=C/c3cc(Cl)cc([N+](=O)[O-])c3OCC(=O)Nc3ccc(F)cc3)o2)cc1. The van der Waals surface area contributed by atoms with E-state index in [4.69, 9.17) is 25.5 Å². The molecule has 2 amide bonds. The largest absolute Gasteiger partial charge is 0.486 e. The standard InChI is InChI=1S/C33H27ClFN5O7/c1-20-3-4-21(2)39(20)26-9-11-27(12-10-26)45-18-28-13-14-30(47-28)33(42)38-36-17-22-15-23(34)16-29(40(43)44)32(22)46-19-31(41)37-25-7-5-24(35)6-8-25/h3-17H,18-19H2,1-2H3,(H,37,41)(H,38,42)/b36-17+. The molecule has 0 bridgehead atoms. The number of hydrogen-bond acceptors (Lipinski definition) is 8. The Morgan fingerprint density at radius 3 is 2.38 bits per heavy atom. The number of nitro benzene ring substituents is 1. The number of carbonyl (C=O) groups is 2. The van der Waals surface area contributed by atoms with Gasteiger partial charge in [0.25, 0.3) is 5.91 Å². The van der Waals surface area contributed by atoms with Crippen LogP contribution < -0.4 is 20.2 Å². The number of furan rings is 1. The molecule has 0 atom stereocenters. The van der Waals surface area contributed by atoms with Crippen molar-refractivity contribution >= 4 is 41.0 Å². The third-order valence-corrected chi connectivity index (χ3v) is 6.96. The lowest BCUT2D eigenvalue weighted by Crippen LogP contribution is -2.21. The van der Waals surface area contributed by atoms with E-state index in [1.54, 1.807) is 6.07 Å². The molecule has 5 rings (SSSR count).